The van der Waals surface area contributed by atoms with Gasteiger partial charge in [0.25, 0.3) is 0 Å². The predicted molar refractivity (Wildman–Crippen MR) is 79.4 cm³/mol. The highest BCUT2D eigenvalue weighted by Gasteiger charge is 2.18. The van der Waals surface area contributed by atoms with E-state index in [1.165, 1.54) is 6.92 Å². The van der Waals surface area contributed by atoms with Crippen LogP contribution < -0.4 is 5.32 Å². The molecule has 0 bridgehead atoms. The van der Waals surface area contributed by atoms with Crippen molar-refractivity contribution in [3.63, 3.8) is 0 Å². The Morgan fingerprint density at radius 3 is 2.29 bits per heavy atom. The number of benzene rings is 1. The van der Waals surface area contributed by atoms with Gasteiger partial charge >= 0.3 is 5.97 Å². The van der Waals surface area contributed by atoms with Crippen LogP contribution in [0.15, 0.2) is 24.3 Å². The molecule has 2 N–H and O–H groups in total. The van der Waals surface area contributed by atoms with Crippen molar-refractivity contribution < 1.29 is 19.5 Å². The Balaban J connectivity index is 2.59. The molecule has 1 unspecified atom stereocenters. The fourth-order valence-corrected chi connectivity index (χ4v) is 1.70. The maximum absolute atomic E-state index is 12.1. The van der Waals surface area contributed by atoms with Crippen LogP contribution in [0, 0.1) is 0 Å². The quantitative estimate of drug-likeness (QED) is 0.746. The Morgan fingerprint density at radius 1 is 1.24 bits per heavy atom. The Bertz CT molecular complexity index is 525. The zero-order chi connectivity index (χ0) is 16.0. The molecule has 0 spiro atoms. The van der Waals surface area contributed by atoms with Crippen molar-refractivity contribution in [1.29, 1.82) is 0 Å². The van der Waals surface area contributed by atoms with E-state index in [9.17, 15) is 14.4 Å². The minimum atomic E-state index is -0.894. The molecule has 0 aliphatic rings. The first-order valence-electron chi connectivity index (χ1n) is 6.65. The summed E-state index contributed by atoms with van der Waals surface area (Å²) in [5, 5.41) is 11.4. The lowest BCUT2D eigenvalue weighted by Gasteiger charge is -2.23. The second kappa shape index (κ2) is 7.54. The van der Waals surface area contributed by atoms with Crippen molar-refractivity contribution in [3.05, 3.63) is 29.8 Å². The second-order valence-electron chi connectivity index (χ2n) is 4.92. The summed E-state index contributed by atoms with van der Waals surface area (Å²) in [7, 11) is 1.70. The topological polar surface area (TPSA) is 86.7 Å². The largest absolute Gasteiger partial charge is 0.481 e. The van der Waals surface area contributed by atoms with Gasteiger partial charge in [0.2, 0.25) is 5.91 Å². The van der Waals surface area contributed by atoms with Crippen molar-refractivity contribution >= 4 is 23.3 Å². The summed E-state index contributed by atoms with van der Waals surface area (Å²) in [5.74, 6) is -1.15. The smallest absolute Gasteiger partial charge is 0.304 e. The van der Waals surface area contributed by atoms with Gasteiger partial charge in [0.15, 0.2) is 5.78 Å². The molecule has 0 saturated heterocycles. The second-order valence-corrected chi connectivity index (χ2v) is 4.92. The molecule has 1 aromatic carbocycles. The van der Waals surface area contributed by atoms with Crippen LogP contribution in [0.4, 0.5) is 5.69 Å². The summed E-state index contributed by atoms with van der Waals surface area (Å²) in [6.45, 7) is 3.49. The first kappa shape index (κ1) is 16.8. The molecule has 21 heavy (non-hydrogen) atoms. The number of nitrogens with one attached hydrogen (secondary N) is 1. The number of carbonyl (C=O) groups excluding carboxylic acids is 2. The molecule has 0 fully saturated rings. The van der Waals surface area contributed by atoms with Gasteiger partial charge in [0.05, 0.1) is 12.5 Å². The number of carboxylic acid groups (broad SMARTS) is 1. The monoisotopic (exact) mass is 292 g/mol. The highest BCUT2D eigenvalue weighted by molar-refractivity contribution is 5.96. The number of anilines is 1. The molecule has 1 amide bonds. The molecule has 6 heteroatoms. The fraction of sp³-hybridized carbons (Fsp3) is 0.400. The van der Waals surface area contributed by atoms with Gasteiger partial charge in [-0.2, -0.15) is 0 Å². The van der Waals surface area contributed by atoms with Gasteiger partial charge < -0.3 is 10.4 Å². The van der Waals surface area contributed by atoms with Crippen molar-refractivity contribution in [1.82, 2.24) is 4.90 Å². The Labute approximate surface area is 123 Å². The number of ketones is 1. The minimum Gasteiger partial charge on any atom is -0.481 e. The number of nitrogens with zero attached hydrogens (tertiary/aromatic N) is 1. The lowest BCUT2D eigenvalue weighted by molar-refractivity contribution is -0.137. The molecule has 0 saturated carbocycles. The third-order valence-corrected chi connectivity index (χ3v) is 3.28. The van der Waals surface area contributed by atoms with E-state index in [4.69, 9.17) is 5.11 Å². The zero-order valence-electron chi connectivity index (χ0n) is 12.4. The number of carboxylic acids is 1. The number of amides is 1. The van der Waals surface area contributed by atoms with Crippen LogP contribution in [-0.2, 0) is 9.59 Å². The maximum atomic E-state index is 12.1. The normalized spacial score (nSPS) is 12.0. The van der Waals surface area contributed by atoms with Crippen molar-refractivity contribution in [2.45, 2.75) is 26.3 Å². The molecule has 114 valence electrons. The third kappa shape index (κ3) is 5.35. The molecule has 1 atom stereocenters. The highest BCUT2D eigenvalue weighted by atomic mass is 16.4. The fourth-order valence-electron chi connectivity index (χ4n) is 1.70. The molecule has 1 aromatic rings. The summed E-state index contributed by atoms with van der Waals surface area (Å²) in [6, 6.07) is 6.18. The van der Waals surface area contributed by atoms with Crippen LogP contribution in [0.3, 0.4) is 0 Å². The number of hydrogen-bond acceptors (Lipinski definition) is 4. The first-order valence-corrected chi connectivity index (χ1v) is 6.65. The minimum absolute atomic E-state index is 0.0125. The standard InChI is InChI=1S/C15H20N2O4/c1-10(17(3)9-8-14(19)20)15(21)16-13-6-4-12(5-7-13)11(2)18/h4-7,10H,8-9H2,1-3H3,(H,16,21)(H,19,20). The number of likely N-dealkylation sites (N-methyl/N-ethyl adjacent to an activating group) is 1. The van der Waals surface area contributed by atoms with E-state index < -0.39 is 12.0 Å². The highest BCUT2D eigenvalue weighted by Crippen LogP contribution is 2.11. The van der Waals surface area contributed by atoms with Gasteiger partial charge in [-0.3, -0.25) is 19.3 Å². The molecule has 0 aromatic heterocycles. The van der Waals surface area contributed by atoms with E-state index in [0.717, 1.165) is 0 Å². The van der Waals surface area contributed by atoms with Crippen LogP contribution in [0.2, 0.25) is 0 Å². The van der Waals surface area contributed by atoms with E-state index >= 15 is 0 Å². The summed E-state index contributed by atoms with van der Waals surface area (Å²) >= 11 is 0. The first-order chi connectivity index (χ1) is 9.81. The van der Waals surface area contributed by atoms with Crippen LogP contribution >= 0.6 is 0 Å². The Kier molecular flexibility index (Phi) is 6.05. The molecule has 0 heterocycles. The molecule has 6 nitrogen and oxygen atoms in total. The number of Topliss-reactive ketones (excluding diaryl/α,β-unsaturated/α-hetero) is 1. The van der Waals surface area contributed by atoms with Crippen LogP contribution in [-0.4, -0.2) is 47.3 Å². The van der Waals surface area contributed by atoms with Gasteiger partial charge in [0.1, 0.15) is 0 Å². The van der Waals surface area contributed by atoms with Gasteiger partial charge in [-0.25, -0.2) is 0 Å². The maximum Gasteiger partial charge on any atom is 0.304 e. The number of aliphatic carboxylic acids is 1. The molecular weight excluding hydrogens is 272 g/mol. The van der Waals surface area contributed by atoms with Gasteiger partial charge in [-0.15, -0.1) is 0 Å². The van der Waals surface area contributed by atoms with Gasteiger partial charge in [-0.1, -0.05) is 0 Å². The summed E-state index contributed by atoms with van der Waals surface area (Å²) in [4.78, 5) is 35.4. The molecular formula is C15H20N2O4. The third-order valence-electron chi connectivity index (χ3n) is 3.28. The predicted octanol–water partition coefficient (Wildman–Crippen LogP) is 1.62. The van der Waals surface area contributed by atoms with Crippen LogP contribution in [0.25, 0.3) is 0 Å². The zero-order valence-corrected chi connectivity index (χ0v) is 12.4. The van der Waals surface area contributed by atoms with Crippen molar-refractivity contribution in [3.8, 4) is 0 Å². The summed E-state index contributed by atoms with van der Waals surface area (Å²) in [5.41, 5.74) is 1.18. The average molecular weight is 292 g/mol. The molecule has 0 radical (unpaired) electrons. The number of rotatable bonds is 7. The van der Waals surface area contributed by atoms with Gasteiger partial charge in [0, 0.05) is 17.8 Å². The van der Waals surface area contributed by atoms with E-state index in [2.05, 4.69) is 5.32 Å². The lowest BCUT2D eigenvalue weighted by atomic mass is 10.1. The lowest BCUT2D eigenvalue weighted by Crippen LogP contribution is -2.40. The SMILES string of the molecule is CC(=O)c1ccc(NC(=O)C(C)N(C)CCC(=O)O)cc1. The van der Waals surface area contributed by atoms with Crippen molar-refractivity contribution in [2.75, 3.05) is 18.9 Å². The molecule has 0 aliphatic heterocycles. The van der Waals surface area contributed by atoms with E-state index in [-0.39, 0.29) is 18.1 Å². The van der Waals surface area contributed by atoms with Crippen LogP contribution in [0.5, 0.6) is 0 Å². The van der Waals surface area contributed by atoms with E-state index in [1.807, 2.05) is 0 Å². The van der Waals surface area contributed by atoms with Gasteiger partial charge in [-0.05, 0) is 45.2 Å². The molecule has 0 aliphatic carbocycles. The summed E-state index contributed by atoms with van der Waals surface area (Å²) < 4.78 is 0. The van der Waals surface area contributed by atoms with Crippen molar-refractivity contribution in [2.24, 2.45) is 0 Å². The summed E-state index contributed by atoms with van der Waals surface area (Å²) in [6.07, 6.45) is -0.0125. The number of hydrogen-bond donors (Lipinski definition) is 2. The Hall–Kier alpha value is -2.21. The van der Waals surface area contributed by atoms with Crippen LogP contribution in [0.1, 0.15) is 30.6 Å². The Morgan fingerprint density at radius 2 is 1.81 bits per heavy atom. The van der Waals surface area contributed by atoms with E-state index in [1.54, 1.807) is 43.1 Å². The number of carbonyl (C=O) groups is 3. The molecule has 1 rings (SSSR count). The average Bonchev–Trinajstić information content (AvgIpc) is 2.44. The van der Waals surface area contributed by atoms with E-state index in [0.29, 0.717) is 17.8 Å².